The van der Waals surface area contributed by atoms with Gasteiger partial charge in [-0.25, -0.2) is 0 Å². The van der Waals surface area contributed by atoms with Gasteiger partial charge in [-0.05, 0) is 53.6 Å². The number of alkyl halides is 1. The van der Waals surface area contributed by atoms with Crippen molar-refractivity contribution in [3.63, 3.8) is 0 Å². The smallest absolute Gasteiger partial charge is 0.150 e. The van der Waals surface area contributed by atoms with E-state index in [9.17, 15) is 14.6 Å². The molecule has 2 N–H and O–H groups in total. The maximum atomic E-state index is 12.6. The quantitative estimate of drug-likeness (QED) is 0.496. The van der Waals surface area contributed by atoms with Crippen molar-refractivity contribution in [1.82, 2.24) is 4.90 Å². The van der Waals surface area contributed by atoms with E-state index in [1.165, 1.54) is 0 Å². The first kappa shape index (κ1) is 22.7. The van der Waals surface area contributed by atoms with Gasteiger partial charge in [0, 0.05) is 54.7 Å². The van der Waals surface area contributed by atoms with Crippen LogP contribution in [0.2, 0.25) is 0 Å². The molecular weight excluding hydrogens is 461 g/mol. The van der Waals surface area contributed by atoms with Gasteiger partial charge in [0.15, 0.2) is 0 Å². The normalized spacial score (nSPS) is 19.2. The Bertz CT molecular complexity index is 1300. The highest BCUT2D eigenvalue weighted by atomic mass is 19.1. The summed E-state index contributed by atoms with van der Waals surface area (Å²) in [6.07, 6.45) is 0.216. The van der Waals surface area contributed by atoms with Crippen LogP contribution in [0, 0.1) is 5.92 Å². The van der Waals surface area contributed by atoms with E-state index in [1.54, 1.807) is 30.3 Å². The van der Waals surface area contributed by atoms with Crippen molar-refractivity contribution in [3.8, 4) is 28.7 Å². The van der Waals surface area contributed by atoms with Crippen LogP contribution < -0.4 is 14.2 Å². The molecule has 0 spiro atoms. The predicted octanol–water partition coefficient (Wildman–Crippen LogP) is 5.20. The van der Waals surface area contributed by atoms with Crippen LogP contribution >= 0.6 is 0 Å². The predicted molar refractivity (Wildman–Crippen MR) is 134 cm³/mol. The van der Waals surface area contributed by atoms with Gasteiger partial charge in [-0.3, -0.25) is 9.29 Å². The van der Waals surface area contributed by atoms with Crippen molar-refractivity contribution in [1.29, 1.82) is 0 Å². The Labute approximate surface area is 209 Å². The van der Waals surface area contributed by atoms with E-state index in [4.69, 9.17) is 14.2 Å². The van der Waals surface area contributed by atoms with Gasteiger partial charge in [-0.2, -0.15) is 0 Å². The van der Waals surface area contributed by atoms with Crippen LogP contribution in [0.1, 0.15) is 29.2 Å². The van der Waals surface area contributed by atoms with Crippen LogP contribution in [-0.4, -0.2) is 54.6 Å². The van der Waals surface area contributed by atoms with E-state index in [-0.39, 0.29) is 24.1 Å². The highest BCUT2D eigenvalue weighted by Gasteiger charge is 2.34. The molecule has 3 aromatic carbocycles. The summed E-state index contributed by atoms with van der Waals surface area (Å²) in [5, 5.41) is 20.4. The van der Waals surface area contributed by atoms with Crippen LogP contribution in [0.5, 0.6) is 28.7 Å². The number of ether oxygens (including phenoxy) is 3. The lowest BCUT2D eigenvalue weighted by molar-refractivity contribution is 0.0668. The number of halogens is 1. The molecule has 1 fully saturated rings. The van der Waals surface area contributed by atoms with Crippen molar-refractivity contribution in [3.05, 3.63) is 77.4 Å². The van der Waals surface area contributed by atoms with Gasteiger partial charge in [0.05, 0.1) is 13.3 Å². The molecule has 1 saturated heterocycles. The van der Waals surface area contributed by atoms with Gasteiger partial charge in [0.1, 0.15) is 41.5 Å². The molecule has 0 saturated carbocycles. The second kappa shape index (κ2) is 9.39. The van der Waals surface area contributed by atoms with Crippen LogP contribution in [0.3, 0.4) is 0 Å². The van der Waals surface area contributed by atoms with Gasteiger partial charge >= 0.3 is 0 Å². The highest BCUT2D eigenvalue weighted by Crippen LogP contribution is 2.52. The summed E-state index contributed by atoms with van der Waals surface area (Å²) in [6, 6.07) is 18.1. The molecule has 3 heterocycles. The summed E-state index contributed by atoms with van der Waals surface area (Å²) >= 11 is 0. The minimum atomic E-state index is -0.454. The van der Waals surface area contributed by atoms with Crippen LogP contribution in [0.4, 0.5) is 4.39 Å². The topological polar surface area (TPSA) is 71.4 Å². The number of hydrogen-bond acceptors (Lipinski definition) is 6. The Balaban J connectivity index is 1.30. The molecule has 3 aromatic rings. The zero-order valence-electron chi connectivity index (χ0n) is 19.8. The fourth-order valence-electron chi connectivity index (χ4n) is 5.26. The Morgan fingerprint density at radius 2 is 1.69 bits per heavy atom. The minimum Gasteiger partial charge on any atom is -0.508 e. The molecule has 7 heteroatoms. The van der Waals surface area contributed by atoms with Crippen molar-refractivity contribution in [2.24, 2.45) is 5.92 Å². The minimum absolute atomic E-state index is 0.142. The van der Waals surface area contributed by atoms with Crippen molar-refractivity contribution in [2.75, 3.05) is 39.5 Å². The molecule has 36 heavy (non-hydrogen) atoms. The molecule has 1 unspecified atom stereocenters. The average Bonchev–Trinajstić information content (AvgIpc) is 3.04. The summed E-state index contributed by atoms with van der Waals surface area (Å²) < 4.78 is 31.0. The Kier molecular flexibility index (Phi) is 5.93. The van der Waals surface area contributed by atoms with Gasteiger partial charge in [-0.15, -0.1) is 0 Å². The molecule has 3 aliphatic heterocycles. The zero-order valence-corrected chi connectivity index (χ0v) is 19.8. The number of phenolic OH excluding ortho intramolecular Hbond substituents is 2. The third-order valence-corrected chi connectivity index (χ3v) is 7.10. The second-order valence-corrected chi connectivity index (χ2v) is 9.55. The number of benzene rings is 3. The molecule has 0 aliphatic carbocycles. The molecule has 3 aliphatic rings. The van der Waals surface area contributed by atoms with E-state index in [0.29, 0.717) is 31.1 Å². The summed E-state index contributed by atoms with van der Waals surface area (Å²) in [5.41, 5.74) is 4.67. The molecule has 186 valence electrons. The summed E-state index contributed by atoms with van der Waals surface area (Å²) in [7, 11) is 0. The Morgan fingerprint density at radius 1 is 0.917 bits per heavy atom. The lowest BCUT2D eigenvalue weighted by Gasteiger charge is -2.37. The van der Waals surface area contributed by atoms with E-state index in [1.807, 2.05) is 30.3 Å². The largest absolute Gasteiger partial charge is 0.508 e. The first-order chi connectivity index (χ1) is 17.6. The third-order valence-electron chi connectivity index (χ3n) is 7.10. The lowest BCUT2D eigenvalue weighted by atomic mass is 9.84. The number of phenols is 2. The molecule has 6 rings (SSSR count). The monoisotopic (exact) mass is 489 g/mol. The standard InChI is InChI=1S/C29H28FNO5/c30-15-18-16-31(17-18)10-12-34-22-5-1-19(2-6-22)29-28-24(23-7-3-21(33)14-27(23)36-29)9-11-35-26-8-4-20(32)13-25(26)28/h1-8,13-14,18,29,32-33H,9-12,15-17H2. The third kappa shape index (κ3) is 4.24. The van der Waals surface area contributed by atoms with Crippen molar-refractivity contribution >= 4 is 11.1 Å². The first-order valence-electron chi connectivity index (χ1n) is 12.3. The number of nitrogens with zero attached hydrogens (tertiary/aromatic N) is 1. The maximum absolute atomic E-state index is 12.6. The molecule has 0 bridgehead atoms. The zero-order chi connectivity index (χ0) is 24.6. The number of hydrogen-bond donors (Lipinski definition) is 2. The number of fused-ring (bicyclic) bond motifs is 4. The summed E-state index contributed by atoms with van der Waals surface area (Å²) in [6.45, 7) is 3.17. The molecule has 6 nitrogen and oxygen atoms in total. The van der Waals surface area contributed by atoms with Gasteiger partial charge in [-0.1, -0.05) is 12.1 Å². The molecule has 1 atom stereocenters. The fourth-order valence-corrected chi connectivity index (χ4v) is 5.26. The van der Waals surface area contributed by atoms with Crippen molar-refractivity contribution < 1.29 is 28.8 Å². The van der Waals surface area contributed by atoms with Crippen LogP contribution in [0.15, 0.2) is 60.7 Å². The van der Waals surface area contributed by atoms with E-state index < -0.39 is 6.10 Å². The van der Waals surface area contributed by atoms with Crippen molar-refractivity contribution in [2.45, 2.75) is 12.5 Å². The van der Waals surface area contributed by atoms with E-state index >= 15 is 0 Å². The van der Waals surface area contributed by atoms with Gasteiger partial charge < -0.3 is 24.4 Å². The molecular formula is C29H28FNO5. The van der Waals surface area contributed by atoms with Gasteiger partial charge in [0.25, 0.3) is 0 Å². The van der Waals surface area contributed by atoms with E-state index in [0.717, 1.165) is 53.2 Å². The summed E-state index contributed by atoms with van der Waals surface area (Å²) in [5.74, 6) is 2.55. The SMILES string of the molecule is Oc1ccc2c(c1)OC(c1ccc(OCCN3CC(CF)C3)cc1)C1=C2CCOc2ccc(O)cc21. The Morgan fingerprint density at radius 3 is 2.50 bits per heavy atom. The molecule has 0 radical (unpaired) electrons. The number of aromatic hydroxyl groups is 2. The second-order valence-electron chi connectivity index (χ2n) is 9.55. The number of likely N-dealkylation sites (tertiary alicyclic amines) is 1. The maximum Gasteiger partial charge on any atom is 0.150 e. The molecule has 0 amide bonds. The first-order valence-corrected chi connectivity index (χ1v) is 12.3. The fraction of sp³-hybridized carbons (Fsp3) is 0.310. The Hall–Kier alpha value is -3.71. The van der Waals surface area contributed by atoms with Crippen LogP contribution in [-0.2, 0) is 0 Å². The molecule has 0 aromatic heterocycles. The van der Waals surface area contributed by atoms with Crippen LogP contribution in [0.25, 0.3) is 11.1 Å². The lowest BCUT2D eigenvalue weighted by Crippen LogP contribution is -2.49. The summed E-state index contributed by atoms with van der Waals surface area (Å²) in [4.78, 5) is 2.19. The highest BCUT2D eigenvalue weighted by molar-refractivity contribution is 5.98. The number of rotatable bonds is 6. The van der Waals surface area contributed by atoms with Gasteiger partial charge in [0.2, 0.25) is 0 Å². The average molecular weight is 490 g/mol. The van der Waals surface area contributed by atoms with E-state index in [2.05, 4.69) is 4.90 Å².